The normalized spacial score (nSPS) is 23.9. The molecule has 0 aliphatic heterocycles. The molecule has 0 amide bonds. The summed E-state index contributed by atoms with van der Waals surface area (Å²) in [4.78, 5) is 0. The Labute approximate surface area is 127 Å². The van der Waals surface area contributed by atoms with Crippen molar-refractivity contribution in [2.75, 3.05) is 0 Å². The molecule has 106 valence electrons. The molecule has 21 heavy (non-hydrogen) atoms. The highest BCUT2D eigenvalue weighted by Gasteiger charge is 2.42. The first-order valence-electron chi connectivity index (χ1n) is 8.11. The van der Waals surface area contributed by atoms with Gasteiger partial charge in [0, 0.05) is 5.41 Å². The van der Waals surface area contributed by atoms with E-state index in [4.69, 9.17) is 0 Å². The van der Waals surface area contributed by atoms with E-state index >= 15 is 0 Å². The Bertz CT molecular complexity index is 718. The molecule has 0 aromatic heterocycles. The van der Waals surface area contributed by atoms with Crippen molar-refractivity contribution in [1.82, 2.24) is 0 Å². The lowest BCUT2D eigenvalue weighted by molar-refractivity contribution is 0.423. The summed E-state index contributed by atoms with van der Waals surface area (Å²) >= 11 is 0. The Morgan fingerprint density at radius 2 is 1.67 bits per heavy atom. The highest BCUT2D eigenvalue weighted by molar-refractivity contribution is 5.90. The van der Waals surface area contributed by atoms with Crippen LogP contribution < -0.4 is 0 Å². The van der Waals surface area contributed by atoms with Crippen LogP contribution in [0.4, 0.5) is 0 Å². The molecule has 0 heterocycles. The summed E-state index contributed by atoms with van der Waals surface area (Å²) in [6.45, 7) is 4.62. The van der Waals surface area contributed by atoms with Crippen LogP contribution in [0, 0.1) is 6.92 Å². The molecule has 0 bridgehead atoms. The van der Waals surface area contributed by atoms with Gasteiger partial charge < -0.3 is 0 Å². The average molecular weight is 274 g/mol. The molecule has 2 aliphatic rings. The SMILES string of the molecule is Cc1ccc(C2=C3CCCCC3(C)c3ccccc32)cc1. The predicted molar refractivity (Wildman–Crippen MR) is 89.5 cm³/mol. The van der Waals surface area contributed by atoms with E-state index in [1.807, 2.05) is 0 Å². The molecule has 1 unspecified atom stereocenters. The lowest BCUT2D eigenvalue weighted by Gasteiger charge is -2.34. The van der Waals surface area contributed by atoms with Gasteiger partial charge in [-0.3, -0.25) is 0 Å². The Kier molecular flexibility index (Phi) is 2.82. The van der Waals surface area contributed by atoms with Crippen LogP contribution in [0.5, 0.6) is 0 Å². The maximum absolute atomic E-state index is 2.46. The number of hydrogen-bond acceptors (Lipinski definition) is 0. The van der Waals surface area contributed by atoms with Crippen LogP contribution in [0.1, 0.15) is 54.9 Å². The first kappa shape index (κ1) is 12.9. The first-order valence-corrected chi connectivity index (χ1v) is 8.11. The third-order valence-electron chi connectivity index (χ3n) is 5.45. The van der Waals surface area contributed by atoms with E-state index in [2.05, 4.69) is 62.4 Å². The molecule has 2 aromatic carbocycles. The largest absolute Gasteiger partial charge is 0.0619 e. The second kappa shape index (κ2) is 4.59. The minimum absolute atomic E-state index is 0.273. The second-order valence-electron chi connectivity index (χ2n) is 6.80. The number of allylic oxidation sites excluding steroid dienone is 1. The lowest BCUT2D eigenvalue weighted by atomic mass is 9.70. The summed E-state index contributed by atoms with van der Waals surface area (Å²) in [5, 5.41) is 0. The average Bonchev–Trinajstić information content (AvgIpc) is 2.78. The molecule has 0 N–H and O–H groups in total. The van der Waals surface area contributed by atoms with Crippen molar-refractivity contribution < 1.29 is 0 Å². The Morgan fingerprint density at radius 1 is 0.905 bits per heavy atom. The number of rotatable bonds is 1. The second-order valence-corrected chi connectivity index (χ2v) is 6.80. The van der Waals surface area contributed by atoms with Crippen molar-refractivity contribution >= 4 is 5.57 Å². The summed E-state index contributed by atoms with van der Waals surface area (Å²) in [7, 11) is 0. The highest BCUT2D eigenvalue weighted by atomic mass is 14.5. The van der Waals surface area contributed by atoms with Gasteiger partial charge in [0.1, 0.15) is 0 Å². The van der Waals surface area contributed by atoms with Gasteiger partial charge in [-0.25, -0.2) is 0 Å². The van der Waals surface area contributed by atoms with Gasteiger partial charge in [-0.05, 0) is 48.4 Å². The smallest absolute Gasteiger partial charge is 0.0149 e. The summed E-state index contributed by atoms with van der Waals surface area (Å²) in [5.74, 6) is 0. The maximum Gasteiger partial charge on any atom is 0.0149 e. The zero-order chi connectivity index (χ0) is 14.4. The Morgan fingerprint density at radius 3 is 2.48 bits per heavy atom. The van der Waals surface area contributed by atoms with Crippen LogP contribution in [0.3, 0.4) is 0 Å². The van der Waals surface area contributed by atoms with Gasteiger partial charge in [0.2, 0.25) is 0 Å². The zero-order valence-electron chi connectivity index (χ0n) is 12.9. The maximum atomic E-state index is 2.46. The summed E-state index contributed by atoms with van der Waals surface area (Å²) in [5.41, 5.74) is 9.23. The molecule has 0 radical (unpaired) electrons. The third kappa shape index (κ3) is 1.82. The van der Waals surface area contributed by atoms with Gasteiger partial charge in [0.15, 0.2) is 0 Å². The summed E-state index contributed by atoms with van der Waals surface area (Å²) < 4.78 is 0. The molecule has 1 saturated carbocycles. The molecule has 0 spiro atoms. The molecular weight excluding hydrogens is 252 g/mol. The quantitative estimate of drug-likeness (QED) is 0.631. The van der Waals surface area contributed by atoms with E-state index < -0.39 is 0 Å². The van der Waals surface area contributed by atoms with Gasteiger partial charge in [-0.1, -0.05) is 73.0 Å². The van der Waals surface area contributed by atoms with Crippen LogP contribution in [-0.4, -0.2) is 0 Å². The van der Waals surface area contributed by atoms with Crippen molar-refractivity contribution in [3.63, 3.8) is 0 Å². The molecule has 0 heteroatoms. The minimum atomic E-state index is 0.273. The third-order valence-corrected chi connectivity index (χ3v) is 5.45. The van der Waals surface area contributed by atoms with Crippen molar-refractivity contribution in [3.8, 4) is 0 Å². The monoisotopic (exact) mass is 274 g/mol. The molecular formula is C21H22. The van der Waals surface area contributed by atoms with E-state index in [9.17, 15) is 0 Å². The number of benzene rings is 2. The van der Waals surface area contributed by atoms with Gasteiger partial charge in [0.05, 0.1) is 0 Å². The van der Waals surface area contributed by atoms with Crippen LogP contribution >= 0.6 is 0 Å². The van der Waals surface area contributed by atoms with Crippen LogP contribution in [-0.2, 0) is 5.41 Å². The molecule has 0 nitrogen and oxygen atoms in total. The topological polar surface area (TPSA) is 0 Å². The summed E-state index contributed by atoms with van der Waals surface area (Å²) in [6.07, 6.45) is 5.26. The molecule has 4 rings (SSSR count). The van der Waals surface area contributed by atoms with Crippen LogP contribution in [0.15, 0.2) is 54.1 Å². The van der Waals surface area contributed by atoms with Crippen LogP contribution in [0.25, 0.3) is 5.57 Å². The van der Waals surface area contributed by atoms with Gasteiger partial charge >= 0.3 is 0 Å². The lowest BCUT2D eigenvalue weighted by Crippen LogP contribution is -2.25. The van der Waals surface area contributed by atoms with Gasteiger partial charge in [-0.15, -0.1) is 0 Å². The van der Waals surface area contributed by atoms with Crippen molar-refractivity contribution in [2.24, 2.45) is 0 Å². The van der Waals surface area contributed by atoms with Crippen molar-refractivity contribution in [2.45, 2.75) is 44.9 Å². The van der Waals surface area contributed by atoms with E-state index in [0.717, 1.165) is 0 Å². The molecule has 0 saturated heterocycles. The van der Waals surface area contributed by atoms with Crippen molar-refractivity contribution in [3.05, 3.63) is 76.4 Å². The van der Waals surface area contributed by atoms with Gasteiger partial charge in [0.25, 0.3) is 0 Å². The summed E-state index contributed by atoms with van der Waals surface area (Å²) in [6, 6.07) is 18.1. The minimum Gasteiger partial charge on any atom is -0.0619 e. The van der Waals surface area contributed by atoms with E-state index in [-0.39, 0.29) is 5.41 Å². The molecule has 1 fully saturated rings. The number of aryl methyl sites for hydroxylation is 1. The van der Waals surface area contributed by atoms with Gasteiger partial charge in [-0.2, -0.15) is 0 Å². The molecule has 2 aromatic rings. The number of hydrogen-bond donors (Lipinski definition) is 0. The van der Waals surface area contributed by atoms with E-state index in [1.165, 1.54) is 47.9 Å². The van der Waals surface area contributed by atoms with E-state index in [0.29, 0.717) is 0 Å². The molecule has 1 atom stereocenters. The fourth-order valence-corrected chi connectivity index (χ4v) is 4.30. The first-order chi connectivity index (χ1) is 10.2. The Balaban J connectivity index is 1.98. The van der Waals surface area contributed by atoms with E-state index in [1.54, 1.807) is 11.1 Å². The standard InChI is InChI=1S/C21H22/c1-15-10-12-16(13-11-15)20-17-7-3-4-8-18(17)21(2)14-6-5-9-19(20)21/h3-4,7-8,10-13H,5-6,9,14H2,1-2H3. The number of fused-ring (bicyclic) bond motifs is 3. The zero-order valence-corrected chi connectivity index (χ0v) is 12.9. The van der Waals surface area contributed by atoms with Crippen LogP contribution in [0.2, 0.25) is 0 Å². The fourth-order valence-electron chi connectivity index (χ4n) is 4.30. The Hall–Kier alpha value is -1.82. The van der Waals surface area contributed by atoms with Crippen molar-refractivity contribution in [1.29, 1.82) is 0 Å². The molecule has 2 aliphatic carbocycles. The highest BCUT2D eigenvalue weighted by Crippen LogP contribution is 2.54. The predicted octanol–water partition coefficient (Wildman–Crippen LogP) is 5.64. The fraction of sp³-hybridized carbons (Fsp3) is 0.333.